The van der Waals surface area contributed by atoms with Crippen molar-refractivity contribution in [2.45, 2.75) is 6.42 Å². The minimum atomic E-state index is -0.572. The molecule has 0 bridgehead atoms. The molecule has 1 aliphatic rings. The zero-order chi connectivity index (χ0) is 13.3. The molecule has 18 heavy (non-hydrogen) atoms. The van der Waals surface area contributed by atoms with Crippen LogP contribution in [-0.2, 0) is 4.79 Å². The number of hydrogen-bond donors (Lipinski definition) is 1. The van der Waals surface area contributed by atoms with Crippen LogP contribution in [0.5, 0.6) is 0 Å². The quantitative estimate of drug-likeness (QED) is 0.900. The number of benzene rings is 1. The highest BCUT2D eigenvalue weighted by Crippen LogP contribution is 2.24. The van der Waals surface area contributed by atoms with E-state index in [0.717, 1.165) is 0 Å². The Hall–Kier alpha value is -1.43. The standard InChI is InChI=1S/C12H12BrFN2O2/c13-8-2-1-3-9(14)10(8)12(18)16-5-4-7(6-16)11(15)17/h1-3,7H,4-6H2,(H2,15,17). The summed E-state index contributed by atoms with van der Waals surface area (Å²) in [6, 6.07) is 4.37. The number of carbonyl (C=O) groups excluding carboxylic acids is 2. The van der Waals surface area contributed by atoms with Crippen molar-refractivity contribution >= 4 is 27.7 Å². The second-order valence-electron chi connectivity index (χ2n) is 4.24. The third kappa shape index (κ3) is 2.38. The molecule has 2 amide bonds. The van der Waals surface area contributed by atoms with Gasteiger partial charge in [-0.2, -0.15) is 0 Å². The number of hydrogen-bond acceptors (Lipinski definition) is 2. The molecule has 1 aliphatic heterocycles. The number of nitrogens with zero attached hydrogens (tertiary/aromatic N) is 1. The molecule has 0 aromatic heterocycles. The summed E-state index contributed by atoms with van der Waals surface area (Å²) in [5, 5.41) is 0. The highest BCUT2D eigenvalue weighted by atomic mass is 79.9. The van der Waals surface area contributed by atoms with E-state index in [1.807, 2.05) is 0 Å². The molecule has 2 N–H and O–H groups in total. The number of amides is 2. The summed E-state index contributed by atoms with van der Waals surface area (Å²) in [5.41, 5.74) is 5.20. The van der Waals surface area contributed by atoms with Gasteiger partial charge in [-0.15, -0.1) is 0 Å². The van der Waals surface area contributed by atoms with Crippen LogP contribution in [0.1, 0.15) is 16.8 Å². The third-order valence-electron chi connectivity index (χ3n) is 3.05. The first-order chi connectivity index (χ1) is 8.50. The Morgan fingerprint density at radius 2 is 2.17 bits per heavy atom. The van der Waals surface area contributed by atoms with Crippen molar-refractivity contribution < 1.29 is 14.0 Å². The summed E-state index contributed by atoms with van der Waals surface area (Å²) in [6.45, 7) is 0.683. The average molecular weight is 315 g/mol. The van der Waals surface area contributed by atoms with E-state index in [1.165, 1.54) is 17.0 Å². The maximum Gasteiger partial charge on any atom is 0.258 e. The van der Waals surface area contributed by atoms with Gasteiger partial charge in [-0.05, 0) is 34.5 Å². The smallest absolute Gasteiger partial charge is 0.258 e. The predicted molar refractivity (Wildman–Crippen MR) is 67.3 cm³/mol. The summed E-state index contributed by atoms with van der Waals surface area (Å²) in [5.74, 6) is -1.74. The van der Waals surface area contributed by atoms with Gasteiger partial charge in [-0.3, -0.25) is 9.59 Å². The van der Waals surface area contributed by atoms with Crippen molar-refractivity contribution in [3.05, 3.63) is 34.1 Å². The molecular weight excluding hydrogens is 303 g/mol. The van der Waals surface area contributed by atoms with E-state index in [-0.39, 0.29) is 18.0 Å². The Bertz CT molecular complexity index is 487. The normalized spacial score (nSPS) is 19.0. The van der Waals surface area contributed by atoms with Crippen LogP contribution < -0.4 is 5.73 Å². The molecule has 1 aromatic rings. The van der Waals surface area contributed by atoms with Gasteiger partial charge < -0.3 is 10.6 Å². The summed E-state index contributed by atoms with van der Waals surface area (Å²) < 4.78 is 14.1. The second-order valence-corrected chi connectivity index (χ2v) is 5.09. The van der Waals surface area contributed by atoms with Crippen molar-refractivity contribution in [2.75, 3.05) is 13.1 Å². The summed E-state index contributed by atoms with van der Waals surface area (Å²) in [7, 11) is 0. The Labute approximate surface area is 112 Å². The first-order valence-corrected chi connectivity index (χ1v) is 6.32. The molecule has 6 heteroatoms. The second kappa shape index (κ2) is 5.06. The summed E-state index contributed by atoms with van der Waals surface area (Å²) >= 11 is 3.16. The van der Waals surface area contributed by atoms with Gasteiger partial charge >= 0.3 is 0 Å². The highest BCUT2D eigenvalue weighted by molar-refractivity contribution is 9.10. The number of carbonyl (C=O) groups is 2. The van der Waals surface area contributed by atoms with Crippen LogP contribution in [0, 0.1) is 11.7 Å². The van der Waals surface area contributed by atoms with Gasteiger partial charge in [0.1, 0.15) is 5.82 Å². The minimum Gasteiger partial charge on any atom is -0.369 e. The Kier molecular flexibility index (Phi) is 3.65. The topological polar surface area (TPSA) is 63.4 Å². The van der Waals surface area contributed by atoms with E-state index >= 15 is 0 Å². The Morgan fingerprint density at radius 3 is 2.72 bits per heavy atom. The molecule has 1 fully saturated rings. The van der Waals surface area contributed by atoms with Gasteiger partial charge in [0.15, 0.2) is 0 Å². The lowest BCUT2D eigenvalue weighted by Gasteiger charge is -2.17. The van der Waals surface area contributed by atoms with E-state index in [0.29, 0.717) is 17.4 Å². The van der Waals surface area contributed by atoms with Crippen LogP contribution in [0.15, 0.2) is 22.7 Å². The van der Waals surface area contributed by atoms with E-state index in [2.05, 4.69) is 15.9 Å². The average Bonchev–Trinajstić information content (AvgIpc) is 2.77. The van der Waals surface area contributed by atoms with Crippen LogP contribution >= 0.6 is 15.9 Å². The number of nitrogens with two attached hydrogens (primary N) is 1. The summed E-state index contributed by atoms with van der Waals surface area (Å²) in [6.07, 6.45) is 0.535. The van der Waals surface area contributed by atoms with E-state index in [9.17, 15) is 14.0 Å². The first kappa shape index (κ1) is 13.0. The molecule has 4 nitrogen and oxygen atoms in total. The van der Waals surface area contributed by atoms with E-state index < -0.39 is 17.6 Å². The molecule has 1 saturated heterocycles. The number of halogens is 2. The van der Waals surface area contributed by atoms with Crippen LogP contribution in [0.2, 0.25) is 0 Å². The molecule has 0 saturated carbocycles. The fraction of sp³-hybridized carbons (Fsp3) is 0.333. The number of rotatable bonds is 2. The molecule has 0 radical (unpaired) electrons. The maximum absolute atomic E-state index is 13.6. The molecule has 0 spiro atoms. The van der Waals surface area contributed by atoms with Gasteiger partial charge in [0.25, 0.3) is 5.91 Å². The molecule has 2 rings (SSSR count). The fourth-order valence-corrected chi connectivity index (χ4v) is 2.55. The van der Waals surface area contributed by atoms with E-state index in [4.69, 9.17) is 5.73 Å². The van der Waals surface area contributed by atoms with Crippen molar-refractivity contribution in [3.63, 3.8) is 0 Å². The molecule has 1 heterocycles. The van der Waals surface area contributed by atoms with Crippen molar-refractivity contribution in [1.29, 1.82) is 0 Å². The molecule has 1 aromatic carbocycles. The molecular formula is C12H12BrFN2O2. The van der Waals surface area contributed by atoms with E-state index in [1.54, 1.807) is 6.07 Å². The SMILES string of the molecule is NC(=O)C1CCN(C(=O)c2c(F)cccc2Br)C1. The molecule has 1 atom stereocenters. The molecule has 1 unspecified atom stereocenters. The first-order valence-electron chi connectivity index (χ1n) is 5.53. The Balaban J connectivity index is 2.21. The molecule has 0 aliphatic carbocycles. The van der Waals surface area contributed by atoms with Crippen LogP contribution in [-0.4, -0.2) is 29.8 Å². The monoisotopic (exact) mass is 314 g/mol. The molecule has 96 valence electrons. The van der Waals surface area contributed by atoms with Crippen molar-refractivity contribution in [1.82, 2.24) is 4.90 Å². The lowest BCUT2D eigenvalue weighted by Crippen LogP contribution is -2.32. The zero-order valence-corrected chi connectivity index (χ0v) is 11.1. The van der Waals surface area contributed by atoms with Crippen LogP contribution in [0.4, 0.5) is 4.39 Å². The van der Waals surface area contributed by atoms with Gasteiger partial charge in [-0.1, -0.05) is 6.07 Å². The maximum atomic E-state index is 13.6. The van der Waals surface area contributed by atoms with Crippen molar-refractivity contribution in [3.8, 4) is 0 Å². The van der Waals surface area contributed by atoms with Gasteiger partial charge in [0, 0.05) is 17.6 Å². The number of likely N-dealkylation sites (tertiary alicyclic amines) is 1. The van der Waals surface area contributed by atoms with Crippen molar-refractivity contribution in [2.24, 2.45) is 11.7 Å². The van der Waals surface area contributed by atoms with Gasteiger partial charge in [0.2, 0.25) is 5.91 Å². The largest absolute Gasteiger partial charge is 0.369 e. The number of primary amides is 1. The highest BCUT2D eigenvalue weighted by Gasteiger charge is 2.31. The Morgan fingerprint density at radius 1 is 1.44 bits per heavy atom. The third-order valence-corrected chi connectivity index (χ3v) is 3.72. The predicted octanol–water partition coefficient (Wildman–Crippen LogP) is 1.54. The minimum absolute atomic E-state index is 0.00243. The fourth-order valence-electron chi connectivity index (χ4n) is 2.04. The van der Waals surface area contributed by atoms with Gasteiger partial charge in [-0.25, -0.2) is 4.39 Å². The zero-order valence-electron chi connectivity index (χ0n) is 9.53. The van der Waals surface area contributed by atoms with Gasteiger partial charge in [0.05, 0.1) is 11.5 Å². The summed E-state index contributed by atoms with van der Waals surface area (Å²) in [4.78, 5) is 24.7. The lowest BCUT2D eigenvalue weighted by molar-refractivity contribution is -0.121. The lowest BCUT2D eigenvalue weighted by atomic mass is 10.1. The van der Waals surface area contributed by atoms with Crippen LogP contribution in [0.3, 0.4) is 0 Å². The van der Waals surface area contributed by atoms with Crippen LogP contribution in [0.25, 0.3) is 0 Å².